The van der Waals surface area contributed by atoms with Crippen LogP contribution in [0.5, 0.6) is 5.75 Å². The van der Waals surface area contributed by atoms with E-state index in [-0.39, 0.29) is 6.10 Å². The zero-order valence-electron chi connectivity index (χ0n) is 10.3. The molecular formula is C14H19NO2. The Morgan fingerprint density at radius 3 is 3.00 bits per heavy atom. The lowest BCUT2D eigenvalue weighted by atomic mass is 9.85. The van der Waals surface area contributed by atoms with E-state index in [0.29, 0.717) is 11.5 Å². The average molecular weight is 233 g/mol. The standard InChI is InChI=1S/C14H19NO2/c1-2-12-5-3-4-6-14(12)17-13-7-11(10-16)8-15-9-13/h7-10,12,14H,2-6H2,1H3. The molecule has 1 heterocycles. The van der Waals surface area contributed by atoms with Gasteiger partial charge in [-0.05, 0) is 37.7 Å². The molecule has 1 aromatic heterocycles. The predicted molar refractivity (Wildman–Crippen MR) is 66.3 cm³/mol. The van der Waals surface area contributed by atoms with Crippen molar-refractivity contribution in [2.24, 2.45) is 5.92 Å². The van der Waals surface area contributed by atoms with E-state index in [9.17, 15) is 4.79 Å². The Kier molecular flexibility index (Phi) is 4.13. The fourth-order valence-electron chi connectivity index (χ4n) is 2.54. The van der Waals surface area contributed by atoms with Crippen LogP contribution in [0, 0.1) is 5.92 Å². The van der Waals surface area contributed by atoms with E-state index in [2.05, 4.69) is 11.9 Å². The summed E-state index contributed by atoms with van der Waals surface area (Å²) >= 11 is 0. The van der Waals surface area contributed by atoms with Crippen LogP contribution in [-0.2, 0) is 0 Å². The molecule has 2 unspecified atom stereocenters. The van der Waals surface area contributed by atoms with Gasteiger partial charge in [0.1, 0.15) is 11.9 Å². The van der Waals surface area contributed by atoms with Crippen LogP contribution in [0.25, 0.3) is 0 Å². The van der Waals surface area contributed by atoms with Crippen LogP contribution in [0.3, 0.4) is 0 Å². The maximum atomic E-state index is 10.7. The predicted octanol–water partition coefficient (Wildman–Crippen LogP) is 3.24. The second kappa shape index (κ2) is 5.80. The Morgan fingerprint density at radius 2 is 2.24 bits per heavy atom. The quantitative estimate of drug-likeness (QED) is 0.749. The minimum atomic E-state index is 0.289. The van der Waals surface area contributed by atoms with Gasteiger partial charge in [0.15, 0.2) is 6.29 Å². The number of carbonyl (C=O) groups is 1. The lowest BCUT2D eigenvalue weighted by Crippen LogP contribution is -2.29. The van der Waals surface area contributed by atoms with Crippen molar-refractivity contribution in [3.63, 3.8) is 0 Å². The third kappa shape index (κ3) is 3.05. The summed E-state index contributed by atoms with van der Waals surface area (Å²) in [7, 11) is 0. The van der Waals surface area contributed by atoms with Gasteiger partial charge >= 0.3 is 0 Å². The fraction of sp³-hybridized carbons (Fsp3) is 0.571. The van der Waals surface area contributed by atoms with Crippen LogP contribution in [0.4, 0.5) is 0 Å². The summed E-state index contributed by atoms with van der Waals surface area (Å²) in [5.74, 6) is 1.36. The number of ether oxygens (including phenoxy) is 1. The van der Waals surface area contributed by atoms with Crippen LogP contribution in [0.2, 0.25) is 0 Å². The van der Waals surface area contributed by atoms with Gasteiger partial charge in [-0.2, -0.15) is 0 Å². The van der Waals surface area contributed by atoms with Crippen molar-refractivity contribution < 1.29 is 9.53 Å². The molecule has 2 atom stereocenters. The molecule has 1 aliphatic rings. The molecule has 1 saturated carbocycles. The molecule has 92 valence electrons. The van der Waals surface area contributed by atoms with E-state index in [1.807, 2.05) is 0 Å². The number of rotatable bonds is 4. The van der Waals surface area contributed by atoms with Gasteiger partial charge in [-0.1, -0.05) is 13.3 Å². The summed E-state index contributed by atoms with van der Waals surface area (Å²) in [4.78, 5) is 14.7. The van der Waals surface area contributed by atoms with Crippen LogP contribution in [0.15, 0.2) is 18.5 Å². The van der Waals surface area contributed by atoms with Gasteiger partial charge in [-0.25, -0.2) is 0 Å². The zero-order chi connectivity index (χ0) is 12.1. The molecule has 1 aromatic rings. The van der Waals surface area contributed by atoms with Crippen molar-refractivity contribution in [3.8, 4) is 5.75 Å². The summed E-state index contributed by atoms with van der Waals surface area (Å²) in [5, 5.41) is 0. The summed E-state index contributed by atoms with van der Waals surface area (Å²) in [6.07, 6.45) is 10.4. The van der Waals surface area contributed by atoms with Crippen molar-refractivity contribution in [3.05, 3.63) is 24.0 Å². The first-order valence-electron chi connectivity index (χ1n) is 6.40. The molecule has 0 aromatic carbocycles. The zero-order valence-corrected chi connectivity index (χ0v) is 10.3. The van der Waals surface area contributed by atoms with Gasteiger partial charge in [0.05, 0.1) is 6.20 Å². The highest BCUT2D eigenvalue weighted by Crippen LogP contribution is 2.30. The Labute approximate surface area is 102 Å². The molecule has 0 N–H and O–H groups in total. The molecule has 1 aliphatic carbocycles. The number of hydrogen-bond donors (Lipinski definition) is 0. The van der Waals surface area contributed by atoms with Crippen molar-refractivity contribution in [1.29, 1.82) is 0 Å². The molecule has 0 aliphatic heterocycles. The van der Waals surface area contributed by atoms with Crippen molar-refractivity contribution >= 4 is 6.29 Å². The van der Waals surface area contributed by atoms with Gasteiger partial charge in [0.2, 0.25) is 0 Å². The molecule has 1 fully saturated rings. The summed E-state index contributed by atoms with van der Waals surface area (Å²) in [6, 6.07) is 1.77. The molecule has 2 rings (SSSR count). The minimum absolute atomic E-state index is 0.289. The van der Waals surface area contributed by atoms with Crippen molar-refractivity contribution in [1.82, 2.24) is 4.98 Å². The van der Waals surface area contributed by atoms with Crippen molar-refractivity contribution in [2.45, 2.75) is 45.1 Å². The first-order chi connectivity index (χ1) is 8.33. The Morgan fingerprint density at radius 1 is 1.41 bits per heavy atom. The summed E-state index contributed by atoms with van der Waals surface area (Å²) in [5.41, 5.74) is 0.575. The average Bonchev–Trinajstić information content (AvgIpc) is 2.39. The molecule has 0 saturated heterocycles. The third-order valence-electron chi connectivity index (χ3n) is 3.52. The van der Waals surface area contributed by atoms with Crippen LogP contribution in [0.1, 0.15) is 49.4 Å². The highest BCUT2D eigenvalue weighted by atomic mass is 16.5. The molecule has 17 heavy (non-hydrogen) atoms. The van der Waals surface area contributed by atoms with Crippen LogP contribution >= 0.6 is 0 Å². The van der Waals surface area contributed by atoms with E-state index in [1.54, 1.807) is 18.5 Å². The third-order valence-corrected chi connectivity index (χ3v) is 3.52. The smallest absolute Gasteiger partial charge is 0.151 e. The number of pyridine rings is 1. The lowest BCUT2D eigenvalue weighted by molar-refractivity contribution is 0.0897. The molecule has 3 heteroatoms. The maximum absolute atomic E-state index is 10.7. The monoisotopic (exact) mass is 233 g/mol. The lowest BCUT2D eigenvalue weighted by Gasteiger charge is -2.31. The summed E-state index contributed by atoms with van der Waals surface area (Å²) in [6.45, 7) is 2.21. The highest BCUT2D eigenvalue weighted by molar-refractivity contribution is 5.74. The van der Waals surface area contributed by atoms with Gasteiger partial charge in [0.25, 0.3) is 0 Å². The van der Waals surface area contributed by atoms with Crippen LogP contribution in [-0.4, -0.2) is 17.4 Å². The number of carbonyl (C=O) groups excluding carboxylic acids is 1. The number of aldehydes is 1. The molecule has 0 amide bonds. The van der Waals surface area contributed by atoms with E-state index < -0.39 is 0 Å². The number of nitrogens with zero attached hydrogens (tertiary/aromatic N) is 1. The first kappa shape index (κ1) is 12.1. The minimum Gasteiger partial charge on any atom is -0.489 e. The molecular weight excluding hydrogens is 214 g/mol. The van der Waals surface area contributed by atoms with E-state index in [4.69, 9.17) is 4.74 Å². The Bertz CT molecular complexity index is 378. The van der Waals surface area contributed by atoms with Gasteiger partial charge in [0, 0.05) is 11.8 Å². The highest BCUT2D eigenvalue weighted by Gasteiger charge is 2.25. The molecule has 3 nitrogen and oxygen atoms in total. The topological polar surface area (TPSA) is 39.2 Å². The Balaban J connectivity index is 2.05. The molecule has 0 radical (unpaired) electrons. The largest absolute Gasteiger partial charge is 0.489 e. The molecule has 0 bridgehead atoms. The molecule has 0 spiro atoms. The van der Waals surface area contributed by atoms with E-state index >= 15 is 0 Å². The van der Waals surface area contributed by atoms with Gasteiger partial charge in [-0.3, -0.25) is 9.78 Å². The SMILES string of the molecule is CCC1CCCCC1Oc1cncc(C=O)c1. The first-order valence-corrected chi connectivity index (χ1v) is 6.40. The van der Waals surface area contributed by atoms with E-state index in [1.165, 1.54) is 19.3 Å². The van der Waals surface area contributed by atoms with Gasteiger partial charge in [-0.15, -0.1) is 0 Å². The van der Waals surface area contributed by atoms with Crippen LogP contribution < -0.4 is 4.74 Å². The van der Waals surface area contributed by atoms with Gasteiger partial charge < -0.3 is 4.74 Å². The number of hydrogen-bond acceptors (Lipinski definition) is 3. The second-order valence-corrected chi connectivity index (χ2v) is 4.68. The fourth-order valence-corrected chi connectivity index (χ4v) is 2.54. The van der Waals surface area contributed by atoms with E-state index in [0.717, 1.165) is 24.9 Å². The van der Waals surface area contributed by atoms with Crippen molar-refractivity contribution in [2.75, 3.05) is 0 Å². The maximum Gasteiger partial charge on any atom is 0.151 e. The second-order valence-electron chi connectivity index (χ2n) is 4.68. The number of aromatic nitrogens is 1. The normalized spacial score (nSPS) is 24.3. The Hall–Kier alpha value is -1.38. The summed E-state index contributed by atoms with van der Waals surface area (Å²) < 4.78 is 5.98.